The van der Waals surface area contributed by atoms with Crippen molar-refractivity contribution in [2.24, 2.45) is 0 Å². The number of fused-ring (bicyclic) bond motifs is 1. The molecule has 4 aromatic rings. The van der Waals surface area contributed by atoms with Crippen molar-refractivity contribution in [3.05, 3.63) is 94.2 Å². The summed E-state index contributed by atoms with van der Waals surface area (Å²) in [5.41, 5.74) is 2.16. The van der Waals surface area contributed by atoms with Crippen molar-refractivity contribution in [1.82, 2.24) is 4.90 Å². The molecule has 3 atom stereocenters. The molecule has 226 valence electrons. The number of piperidine rings is 1. The van der Waals surface area contributed by atoms with Crippen LogP contribution in [0.5, 0.6) is 11.5 Å². The van der Waals surface area contributed by atoms with E-state index in [4.69, 9.17) is 23.7 Å². The van der Waals surface area contributed by atoms with Gasteiger partial charge < -0.3 is 33.7 Å². The van der Waals surface area contributed by atoms with Crippen LogP contribution in [0.4, 0.5) is 4.79 Å². The number of hydrogen-bond donors (Lipinski definition) is 1. The number of nitrogens with zero attached hydrogens (tertiary/aromatic N) is 1. The lowest BCUT2D eigenvalue weighted by Gasteiger charge is -2.37. The summed E-state index contributed by atoms with van der Waals surface area (Å²) in [4.78, 5) is 14.5. The van der Waals surface area contributed by atoms with Crippen molar-refractivity contribution in [1.29, 1.82) is 0 Å². The molecule has 2 fully saturated rings. The van der Waals surface area contributed by atoms with Crippen LogP contribution in [0, 0.1) is 0 Å². The van der Waals surface area contributed by atoms with Gasteiger partial charge in [0, 0.05) is 23.8 Å². The van der Waals surface area contributed by atoms with Crippen molar-refractivity contribution >= 4 is 28.2 Å². The van der Waals surface area contributed by atoms with Crippen LogP contribution in [0.25, 0.3) is 10.8 Å². The first-order valence-electron chi connectivity index (χ1n) is 14.8. The van der Waals surface area contributed by atoms with Crippen LogP contribution in [0.1, 0.15) is 34.8 Å². The molecule has 2 aliphatic heterocycles. The SMILES string of the molecule is O=C(O)N1CC[C@@H](c2ccc(OCCCOCc3cccs3)cc2)[C@H](OCc2ccc3ccc(OC[C@H]4CO4)cc3c2)C1. The molecule has 6 rings (SSSR count). The molecule has 0 bridgehead atoms. The summed E-state index contributed by atoms with van der Waals surface area (Å²) in [5.74, 6) is 1.72. The molecule has 1 amide bonds. The lowest BCUT2D eigenvalue weighted by molar-refractivity contribution is -0.0199. The van der Waals surface area contributed by atoms with Crippen LogP contribution < -0.4 is 9.47 Å². The first-order chi connectivity index (χ1) is 21.1. The summed E-state index contributed by atoms with van der Waals surface area (Å²) in [6.45, 7) is 4.41. The monoisotopic (exact) mass is 603 g/mol. The molecule has 43 heavy (non-hydrogen) atoms. The Labute approximate surface area is 255 Å². The molecule has 0 aliphatic carbocycles. The molecular formula is C34H37NO7S. The van der Waals surface area contributed by atoms with Crippen molar-refractivity contribution in [3.63, 3.8) is 0 Å². The van der Waals surface area contributed by atoms with E-state index in [2.05, 4.69) is 47.8 Å². The maximum Gasteiger partial charge on any atom is 0.407 e. The molecule has 8 nitrogen and oxygen atoms in total. The van der Waals surface area contributed by atoms with Gasteiger partial charge in [-0.3, -0.25) is 0 Å². The van der Waals surface area contributed by atoms with Crippen molar-refractivity contribution in [3.8, 4) is 11.5 Å². The minimum atomic E-state index is -0.912. The zero-order valence-corrected chi connectivity index (χ0v) is 24.9. The van der Waals surface area contributed by atoms with E-state index in [1.807, 2.05) is 30.3 Å². The maximum atomic E-state index is 11.8. The summed E-state index contributed by atoms with van der Waals surface area (Å²) < 4.78 is 29.2. The van der Waals surface area contributed by atoms with E-state index in [-0.39, 0.29) is 18.1 Å². The Kier molecular flexibility index (Phi) is 9.74. The number of ether oxygens (including phenoxy) is 5. The number of benzene rings is 3. The first-order valence-corrected chi connectivity index (χ1v) is 15.7. The Morgan fingerprint density at radius 2 is 1.79 bits per heavy atom. The zero-order valence-electron chi connectivity index (χ0n) is 24.1. The van der Waals surface area contributed by atoms with Crippen LogP contribution in [-0.4, -0.2) is 67.8 Å². The number of hydrogen-bond acceptors (Lipinski definition) is 7. The Balaban J connectivity index is 1.04. The van der Waals surface area contributed by atoms with Crippen LogP contribution in [0.3, 0.4) is 0 Å². The molecule has 9 heteroatoms. The van der Waals surface area contributed by atoms with E-state index in [9.17, 15) is 9.90 Å². The number of likely N-dealkylation sites (tertiary alicyclic amines) is 1. The van der Waals surface area contributed by atoms with E-state index < -0.39 is 6.09 Å². The van der Waals surface area contributed by atoms with Gasteiger partial charge in [-0.1, -0.05) is 36.4 Å². The zero-order chi connectivity index (χ0) is 29.4. The topological polar surface area (TPSA) is 90.0 Å². The standard InChI is InChI=1S/C34H37NO7S/c36-34(37)35-13-12-32(26-7-9-28(10-8-26)39-15-2-14-38-23-31-3-1-16-43-31)33(19-35)42-20-24-4-5-25-6-11-29(18-27(25)17-24)40-21-30-22-41-30/h1,3-11,16-18,30,32-33H,2,12-15,19-23H2,(H,36,37)/t30-,32-,33+/m0/s1. The molecule has 0 radical (unpaired) electrons. The highest BCUT2D eigenvalue weighted by molar-refractivity contribution is 7.09. The van der Waals surface area contributed by atoms with Gasteiger partial charge in [0.2, 0.25) is 0 Å². The van der Waals surface area contributed by atoms with Crippen LogP contribution >= 0.6 is 11.3 Å². The van der Waals surface area contributed by atoms with Gasteiger partial charge in [0.05, 0.1) is 45.7 Å². The third kappa shape index (κ3) is 8.26. The summed E-state index contributed by atoms with van der Waals surface area (Å²) in [5, 5.41) is 13.9. The van der Waals surface area contributed by atoms with E-state index >= 15 is 0 Å². The van der Waals surface area contributed by atoms with Crippen LogP contribution in [0.2, 0.25) is 0 Å². The summed E-state index contributed by atoms with van der Waals surface area (Å²) in [7, 11) is 0. The first kappa shape index (κ1) is 29.4. The number of thiophene rings is 1. The fourth-order valence-corrected chi connectivity index (χ4v) is 6.02. The molecule has 0 saturated carbocycles. The minimum absolute atomic E-state index is 0.0837. The number of rotatable bonds is 14. The Bertz CT molecular complexity index is 1470. The molecule has 3 aromatic carbocycles. The van der Waals surface area contributed by atoms with E-state index in [0.29, 0.717) is 52.5 Å². The highest BCUT2D eigenvalue weighted by Gasteiger charge is 2.33. The second-order valence-corrected chi connectivity index (χ2v) is 12.0. The van der Waals surface area contributed by atoms with Gasteiger partial charge in [0.25, 0.3) is 0 Å². The van der Waals surface area contributed by atoms with Gasteiger partial charge >= 0.3 is 6.09 Å². The third-order valence-electron chi connectivity index (χ3n) is 7.84. The maximum absolute atomic E-state index is 11.8. The molecule has 2 saturated heterocycles. The van der Waals surface area contributed by atoms with Gasteiger partial charge in [-0.05, 0) is 70.1 Å². The predicted octanol–water partition coefficient (Wildman–Crippen LogP) is 6.72. The Hall–Kier alpha value is -3.63. The van der Waals surface area contributed by atoms with Crippen molar-refractivity contribution in [2.45, 2.75) is 44.2 Å². The lowest BCUT2D eigenvalue weighted by atomic mass is 9.87. The van der Waals surface area contributed by atoms with E-state index in [1.165, 1.54) is 9.78 Å². The fraction of sp³-hybridized carbons (Fsp3) is 0.382. The van der Waals surface area contributed by atoms with Gasteiger partial charge in [0.15, 0.2) is 0 Å². The minimum Gasteiger partial charge on any atom is -0.494 e. The summed E-state index contributed by atoms with van der Waals surface area (Å²) >= 11 is 1.70. The van der Waals surface area contributed by atoms with Gasteiger partial charge in [-0.2, -0.15) is 0 Å². The highest BCUT2D eigenvalue weighted by Crippen LogP contribution is 2.33. The average Bonchev–Trinajstić information content (AvgIpc) is 3.72. The number of carbonyl (C=O) groups is 1. The molecule has 1 N–H and O–H groups in total. The average molecular weight is 604 g/mol. The van der Waals surface area contributed by atoms with E-state index in [0.717, 1.165) is 46.4 Å². The second-order valence-electron chi connectivity index (χ2n) is 11.0. The summed E-state index contributed by atoms with van der Waals surface area (Å²) in [6.07, 6.45) is 0.544. The Morgan fingerprint density at radius 1 is 0.953 bits per heavy atom. The van der Waals surface area contributed by atoms with Crippen LogP contribution in [0.15, 0.2) is 78.2 Å². The van der Waals surface area contributed by atoms with Gasteiger partial charge in [-0.25, -0.2) is 4.79 Å². The number of carboxylic acid groups (broad SMARTS) is 1. The second kappa shape index (κ2) is 14.2. The largest absolute Gasteiger partial charge is 0.494 e. The highest BCUT2D eigenvalue weighted by atomic mass is 32.1. The third-order valence-corrected chi connectivity index (χ3v) is 8.69. The summed E-state index contributed by atoms with van der Waals surface area (Å²) in [6, 6.07) is 24.6. The smallest absolute Gasteiger partial charge is 0.407 e. The van der Waals surface area contributed by atoms with Gasteiger partial charge in [-0.15, -0.1) is 11.3 Å². The van der Waals surface area contributed by atoms with Crippen molar-refractivity contribution < 1.29 is 33.6 Å². The quantitative estimate of drug-likeness (QED) is 0.126. The Morgan fingerprint density at radius 3 is 2.58 bits per heavy atom. The predicted molar refractivity (Wildman–Crippen MR) is 165 cm³/mol. The molecule has 0 unspecified atom stereocenters. The van der Waals surface area contributed by atoms with Crippen molar-refractivity contribution in [2.75, 3.05) is 39.5 Å². The van der Waals surface area contributed by atoms with E-state index in [1.54, 1.807) is 11.3 Å². The molecular weight excluding hydrogens is 566 g/mol. The fourth-order valence-electron chi connectivity index (χ4n) is 5.38. The number of amides is 1. The molecule has 1 aromatic heterocycles. The molecule has 2 aliphatic rings. The number of epoxide rings is 1. The van der Waals surface area contributed by atoms with Gasteiger partial charge in [0.1, 0.15) is 24.2 Å². The van der Waals surface area contributed by atoms with Crippen LogP contribution in [-0.2, 0) is 27.4 Å². The molecule has 0 spiro atoms. The molecule has 3 heterocycles. The lowest BCUT2D eigenvalue weighted by Crippen LogP contribution is -2.46. The normalized spacial score (nSPS) is 19.8.